The molecule has 8 heteroatoms. The highest BCUT2D eigenvalue weighted by molar-refractivity contribution is 6.03. The summed E-state index contributed by atoms with van der Waals surface area (Å²) in [4.78, 5) is 27.9. The Morgan fingerprint density at radius 1 is 0.174 bits per heavy atom. The Balaban J connectivity index is 0.753. The van der Waals surface area contributed by atoms with E-state index in [1.807, 2.05) is 12.1 Å². The Hall–Kier alpha value is -12.5. The first-order chi connectivity index (χ1) is 45.6. The molecule has 0 radical (unpaired) electrons. The summed E-state index contributed by atoms with van der Waals surface area (Å²) in [5, 5.41) is 9.30. The molecule has 0 N–H and O–H groups in total. The number of anilines is 12. The van der Waals surface area contributed by atoms with Crippen molar-refractivity contribution in [1.29, 1.82) is 0 Å². The highest BCUT2D eigenvalue weighted by atomic mass is 15.2. The quantitative estimate of drug-likeness (QED) is 0.101. The number of hydrogen-bond acceptors (Lipinski definition) is 8. The zero-order valence-corrected chi connectivity index (χ0v) is 50.1. The van der Waals surface area contributed by atoms with Gasteiger partial charge < -0.3 is 19.6 Å². The molecule has 434 valence electrons. The van der Waals surface area contributed by atoms with Gasteiger partial charge in [-0.05, 0) is 166 Å². The van der Waals surface area contributed by atoms with Crippen LogP contribution in [0.2, 0.25) is 0 Å². The first-order valence-corrected chi connectivity index (χ1v) is 30.9. The van der Waals surface area contributed by atoms with Crippen molar-refractivity contribution < 1.29 is 0 Å². The zero-order chi connectivity index (χ0) is 61.2. The average molecular weight is 1180 g/mol. The molecule has 8 nitrogen and oxygen atoms in total. The third kappa shape index (κ3) is 10.5. The summed E-state index contributed by atoms with van der Waals surface area (Å²) in [5.74, 6) is 1.36. The fourth-order valence-electron chi connectivity index (χ4n) is 12.9. The van der Waals surface area contributed by atoms with Crippen LogP contribution in [0.5, 0.6) is 0 Å². The van der Waals surface area contributed by atoms with E-state index in [0.29, 0.717) is 11.6 Å². The van der Waals surface area contributed by atoms with Gasteiger partial charge >= 0.3 is 0 Å². The first-order valence-electron chi connectivity index (χ1n) is 30.9. The van der Waals surface area contributed by atoms with Gasteiger partial charge in [-0.1, -0.05) is 194 Å². The van der Waals surface area contributed by atoms with Crippen molar-refractivity contribution in [2.24, 2.45) is 0 Å². The molecule has 0 amide bonds. The minimum absolute atomic E-state index is 0.679. The van der Waals surface area contributed by atoms with E-state index in [0.717, 1.165) is 112 Å². The molecular formula is C84H58N8. The topological polar surface area (TPSA) is 64.5 Å². The van der Waals surface area contributed by atoms with Gasteiger partial charge in [-0.25, -0.2) is 19.9 Å². The van der Waals surface area contributed by atoms with Gasteiger partial charge in [0.2, 0.25) is 0 Å². The molecule has 0 atom stereocenters. The molecule has 16 rings (SSSR count). The van der Waals surface area contributed by atoms with Crippen molar-refractivity contribution in [3.63, 3.8) is 0 Å². The number of benzene rings is 14. The third-order valence-electron chi connectivity index (χ3n) is 17.2. The predicted molar refractivity (Wildman–Crippen MR) is 383 cm³/mol. The van der Waals surface area contributed by atoms with E-state index in [1.165, 1.54) is 21.5 Å². The number of fused-ring (bicyclic) bond motifs is 4. The van der Waals surface area contributed by atoms with Crippen molar-refractivity contribution in [1.82, 2.24) is 19.9 Å². The van der Waals surface area contributed by atoms with Crippen LogP contribution in [0.15, 0.2) is 352 Å². The van der Waals surface area contributed by atoms with Crippen molar-refractivity contribution in [3.05, 3.63) is 352 Å². The van der Waals surface area contributed by atoms with E-state index in [-0.39, 0.29) is 0 Å². The molecule has 16 aromatic rings. The molecule has 0 fully saturated rings. The first kappa shape index (κ1) is 54.8. The summed E-state index contributed by atoms with van der Waals surface area (Å²) in [6, 6.07) is 117. The van der Waals surface area contributed by atoms with Gasteiger partial charge in [-0.2, -0.15) is 0 Å². The summed E-state index contributed by atoms with van der Waals surface area (Å²) in [6.45, 7) is 0. The van der Waals surface area contributed by atoms with Gasteiger partial charge in [0.25, 0.3) is 0 Å². The van der Waals surface area contributed by atoms with Gasteiger partial charge in [0.1, 0.15) is 0 Å². The lowest BCUT2D eigenvalue weighted by atomic mass is 10.0. The molecule has 14 aromatic carbocycles. The molecule has 0 aliphatic rings. The van der Waals surface area contributed by atoms with E-state index in [2.05, 4.69) is 355 Å². The molecule has 0 saturated carbocycles. The lowest BCUT2D eigenvalue weighted by Crippen LogP contribution is -2.13. The summed E-state index contributed by atoms with van der Waals surface area (Å²) < 4.78 is 0. The molecule has 2 aromatic heterocycles. The van der Waals surface area contributed by atoms with Crippen LogP contribution in [-0.4, -0.2) is 19.9 Å². The van der Waals surface area contributed by atoms with E-state index < -0.39 is 0 Å². The van der Waals surface area contributed by atoms with Gasteiger partial charge in [0.05, 0.1) is 22.7 Å². The van der Waals surface area contributed by atoms with E-state index in [9.17, 15) is 0 Å². The molecule has 0 aliphatic carbocycles. The number of rotatable bonds is 15. The average Bonchev–Trinajstić information content (AvgIpc) is 0.943. The second-order valence-electron chi connectivity index (χ2n) is 22.7. The number of nitrogens with zero attached hydrogens (tertiary/aromatic N) is 8. The maximum atomic E-state index is 4.61. The van der Waals surface area contributed by atoms with Crippen molar-refractivity contribution in [2.75, 3.05) is 19.6 Å². The Morgan fingerprint density at radius 3 is 0.707 bits per heavy atom. The van der Waals surface area contributed by atoms with Gasteiger partial charge in [0, 0.05) is 103 Å². The van der Waals surface area contributed by atoms with Crippen molar-refractivity contribution in [3.8, 4) is 33.9 Å². The Morgan fingerprint density at radius 2 is 0.413 bits per heavy atom. The molecular weight excluding hydrogens is 1120 g/mol. The molecule has 92 heavy (non-hydrogen) atoms. The maximum absolute atomic E-state index is 4.61. The summed E-state index contributed by atoms with van der Waals surface area (Å²) >= 11 is 0. The van der Waals surface area contributed by atoms with E-state index in [1.54, 1.807) is 24.8 Å². The standard InChI is InChI=1S/C84H58N8/c1-5-29-75-61(17-1)21-11-33-79(75)89(69-45-49-71(50-46-69)91(81-35-13-23-63-19-3-7-31-77(63)81)73-27-9-25-65(57-73)83-85-53-15-54-86-83)67-41-37-59(38-42-67)60-39-43-68(44-40-60)90(80-34-12-22-62-18-2-6-30-76(62)80)70-47-51-72(52-48-70)92(82-36-14-24-64-20-4-8-32-78(64)82)74-28-10-26-66(58-74)84-87-55-16-56-88-84/h1-58H. The van der Waals surface area contributed by atoms with E-state index >= 15 is 0 Å². The zero-order valence-electron chi connectivity index (χ0n) is 50.1. The Bertz CT molecular complexity index is 4940. The van der Waals surface area contributed by atoms with E-state index in [4.69, 9.17) is 0 Å². The maximum Gasteiger partial charge on any atom is 0.159 e. The monoisotopic (exact) mass is 1180 g/mol. The fraction of sp³-hybridized carbons (Fsp3) is 0. The molecule has 2 heterocycles. The fourth-order valence-corrected chi connectivity index (χ4v) is 12.9. The molecule has 0 spiro atoms. The summed E-state index contributed by atoms with van der Waals surface area (Å²) in [5.41, 5.74) is 16.6. The normalized spacial score (nSPS) is 11.3. The highest BCUT2D eigenvalue weighted by Gasteiger charge is 2.23. The highest BCUT2D eigenvalue weighted by Crippen LogP contribution is 2.47. The second-order valence-corrected chi connectivity index (χ2v) is 22.7. The largest absolute Gasteiger partial charge is 0.310 e. The van der Waals surface area contributed by atoms with Crippen LogP contribution >= 0.6 is 0 Å². The lowest BCUT2D eigenvalue weighted by Gasteiger charge is -2.30. The van der Waals surface area contributed by atoms with Gasteiger partial charge in [-0.15, -0.1) is 0 Å². The van der Waals surface area contributed by atoms with Crippen LogP contribution in [0.4, 0.5) is 68.2 Å². The van der Waals surface area contributed by atoms with Crippen LogP contribution in [0.3, 0.4) is 0 Å². The van der Waals surface area contributed by atoms with Crippen LogP contribution in [0.25, 0.3) is 77.0 Å². The van der Waals surface area contributed by atoms with Crippen LogP contribution in [-0.2, 0) is 0 Å². The minimum atomic E-state index is 0.679. The minimum Gasteiger partial charge on any atom is -0.310 e. The van der Waals surface area contributed by atoms with Crippen LogP contribution < -0.4 is 19.6 Å². The second kappa shape index (κ2) is 24.2. The molecule has 0 unspecified atom stereocenters. The lowest BCUT2D eigenvalue weighted by molar-refractivity contribution is 1.17. The summed E-state index contributed by atoms with van der Waals surface area (Å²) in [7, 11) is 0. The third-order valence-corrected chi connectivity index (χ3v) is 17.2. The summed E-state index contributed by atoms with van der Waals surface area (Å²) in [6.07, 6.45) is 7.16. The van der Waals surface area contributed by atoms with Gasteiger partial charge in [-0.3, -0.25) is 0 Å². The molecule has 0 bridgehead atoms. The number of hydrogen-bond donors (Lipinski definition) is 0. The Labute approximate surface area is 534 Å². The SMILES string of the molecule is c1cnc(-c2cccc(N(c3ccc(N(c4ccc(-c5ccc(N(c6ccc(N(c7cccc(-c8ncccn8)c7)c7cccc8ccccc78)cc6)c6cccc7ccccc67)cc5)cc4)c4cccc5ccccc45)cc3)c3cccc4ccccc34)c2)nc1. The molecule has 0 aliphatic heterocycles. The number of aromatic nitrogens is 4. The van der Waals surface area contributed by atoms with Crippen LogP contribution in [0, 0.1) is 0 Å². The van der Waals surface area contributed by atoms with Crippen molar-refractivity contribution in [2.45, 2.75) is 0 Å². The predicted octanol–water partition coefficient (Wildman–Crippen LogP) is 22.8. The molecule has 0 saturated heterocycles. The van der Waals surface area contributed by atoms with Gasteiger partial charge in [0.15, 0.2) is 11.6 Å². The Kier molecular flexibility index (Phi) is 14.4. The smallest absolute Gasteiger partial charge is 0.159 e. The van der Waals surface area contributed by atoms with Crippen molar-refractivity contribution >= 4 is 111 Å². The van der Waals surface area contributed by atoms with Crippen LogP contribution in [0.1, 0.15) is 0 Å².